The van der Waals surface area contributed by atoms with Gasteiger partial charge in [0.25, 0.3) is 10.0 Å². The topological polar surface area (TPSA) is 84.3 Å². The Bertz CT molecular complexity index is 1120. The Labute approximate surface area is 186 Å². The van der Waals surface area contributed by atoms with Crippen LogP contribution in [0, 0.1) is 12.8 Å². The Hall–Kier alpha value is -2.49. The summed E-state index contributed by atoms with van der Waals surface area (Å²) in [5.41, 5.74) is 2.17. The lowest BCUT2D eigenvalue weighted by Gasteiger charge is -2.30. The van der Waals surface area contributed by atoms with Crippen LogP contribution in [0.2, 0.25) is 0 Å². The number of amides is 1. The van der Waals surface area contributed by atoms with Gasteiger partial charge in [0, 0.05) is 43.4 Å². The van der Waals surface area contributed by atoms with Gasteiger partial charge in [0.15, 0.2) is 0 Å². The Morgan fingerprint density at radius 2 is 1.97 bits per heavy atom. The summed E-state index contributed by atoms with van der Waals surface area (Å²) in [5, 5.41) is 2.98. The first kappa shape index (κ1) is 21.7. The van der Waals surface area contributed by atoms with Crippen LogP contribution in [0.5, 0.6) is 0 Å². The summed E-state index contributed by atoms with van der Waals surface area (Å²) < 4.78 is 29.6. The molecule has 1 aliphatic rings. The summed E-state index contributed by atoms with van der Waals surface area (Å²) in [4.78, 5) is 17.7. The molecule has 0 spiro atoms. The van der Waals surface area contributed by atoms with E-state index in [1.54, 1.807) is 18.6 Å². The van der Waals surface area contributed by atoms with Gasteiger partial charge in [-0.15, -0.1) is 11.3 Å². The zero-order valence-corrected chi connectivity index (χ0v) is 19.0. The number of imidazole rings is 1. The Morgan fingerprint density at radius 3 is 2.65 bits per heavy atom. The fourth-order valence-electron chi connectivity index (χ4n) is 3.74. The molecular formula is C22H26N4O3S2. The number of nitrogens with zero attached hydrogens (tertiary/aromatic N) is 3. The molecule has 0 saturated carbocycles. The normalized spacial score (nSPS) is 17.5. The van der Waals surface area contributed by atoms with Gasteiger partial charge >= 0.3 is 0 Å². The van der Waals surface area contributed by atoms with Crippen molar-refractivity contribution in [2.75, 3.05) is 13.1 Å². The first-order chi connectivity index (χ1) is 14.9. The molecule has 164 valence electrons. The molecule has 1 atom stereocenters. The number of thiophene rings is 1. The minimum absolute atomic E-state index is 0.0928. The van der Waals surface area contributed by atoms with E-state index in [-0.39, 0.29) is 18.4 Å². The first-order valence-electron chi connectivity index (χ1n) is 10.3. The van der Waals surface area contributed by atoms with Crippen molar-refractivity contribution in [2.45, 2.75) is 37.1 Å². The number of carbonyl (C=O) groups excluding carboxylic acids is 1. The average Bonchev–Trinajstić information content (AvgIpc) is 3.45. The molecule has 1 fully saturated rings. The van der Waals surface area contributed by atoms with E-state index in [1.807, 2.05) is 48.0 Å². The molecule has 4 rings (SSSR count). The highest BCUT2D eigenvalue weighted by Gasteiger charge is 2.33. The molecule has 0 unspecified atom stereocenters. The van der Waals surface area contributed by atoms with Gasteiger partial charge in [-0.05, 0) is 43.0 Å². The number of nitrogens with one attached hydrogen (secondary N) is 1. The lowest BCUT2D eigenvalue weighted by Crippen LogP contribution is -2.45. The van der Waals surface area contributed by atoms with Crippen LogP contribution < -0.4 is 5.32 Å². The molecule has 3 aromatic rings. The second kappa shape index (κ2) is 9.33. The SMILES string of the molecule is Cc1ccc(S(=O)(=O)N2CCC[C@H](C(=O)NCc3ccc(Cn4ccnc4)cc3)C2)s1. The minimum atomic E-state index is -3.54. The van der Waals surface area contributed by atoms with Crippen molar-refractivity contribution in [3.05, 3.63) is 71.1 Å². The number of aryl methyl sites for hydroxylation is 1. The van der Waals surface area contributed by atoms with Gasteiger partial charge in [-0.3, -0.25) is 4.79 Å². The van der Waals surface area contributed by atoms with Crippen molar-refractivity contribution in [1.82, 2.24) is 19.2 Å². The predicted molar refractivity (Wildman–Crippen MR) is 120 cm³/mol. The minimum Gasteiger partial charge on any atom is -0.352 e. The number of rotatable bonds is 7. The molecule has 1 amide bonds. The van der Waals surface area contributed by atoms with E-state index in [2.05, 4.69) is 10.3 Å². The van der Waals surface area contributed by atoms with Gasteiger partial charge < -0.3 is 9.88 Å². The fourth-order valence-corrected chi connectivity index (χ4v) is 6.70. The molecule has 2 aromatic heterocycles. The highest BCUT2D eigenvalue weighted by atomic mass is 32.2. The van der Waals surface area contributed by atoms with Crippen LogP contribution >= 0.6 is 11.3 Å². The van der Waals surface area contributed by atoms with Gasteiger partial charge in [0.2, 0.25) is 5.91 Å². The monoisotopic (exact) mass is 458 g/mol. The lowest BCUT2D eigenvalue weighted by atomic mass is 9.98. The van der Waals surface area contributed by atoms with Gasteiger partial charge in [0.05, 0.1) is 12.2 Å². The molecule has 0 bridgehead atoms. The van der Waals surface area contributed by atoms with Gasteiger partial charge in [-0.2, -0.15) is 4.31 Å². The average molecular weight is 459 g/mol. The number of benzene rings is 1. The number of carbonyl (C=O) groups is 1. The van der Waals surface area contributed by atoms with Crippen molar-refractivity contribution in [3.63, 3.8) is 0 Å². The third-order valence-corrected chi connectivity index (χ3v) is 8.81. The largest absolute Gasteiger partial charge is 0.352 e. The summed E-state index contributed by atoms with van der Waals surface area (Å²) in [5.74, 6) is -0.421. The summed E-state index contributed by atoms with van der Waals surface area (Å²) in [6.45, 7) is 3.76. The molecule has 1 aromatic carbocycles. The van der Waals surface area contributed by atoms with Crippen LogP contribution in [0.1, 0.15) is 28.8 Å². The number of sulfonamides is 1. The zero-order valence-electron chi connectivity index (χ0n) is 17.4. The van der Waals surface area contributed by atoms with E-state index >= 15 is 0 Å². The highest BCUT2D eigenvalue weighted by molar-refractivity contribution is 7.91. The second-order valence-electron chi connectivity index (χ2n) is 7.84. The smallest absolute Gasteiger partial charge is 0.252 e. The van der Waals surface area contributed by atoms with Crippen LogP contribution in [0.25, 0.3) is 0 Å². The molecule has 31 heavy (non-hydrogen) atoms. The van der Waals surface area contributed by atoms with Gasteiger partial charge in [0.1, 0.15) is 4.21 Å². The number of piperidine rings is 1. The Morgan fingerprint density at radius 1 is 1.19 bits per heavy atom. The zero-order chi connectivity index (χ0) is 21.8. The maximum atomic E-state index is 12.9. The maximum absolute atomic E-state index is 12.9. The van der Waals surface area contributed by atoms with Crippen LogP contribution in [0.3, 0.4) is 0 Å². The highest BCUT2D eigenvalue weighted by Crippen LogP contribution is 2.28. The van der Waals surface area contributed by atoms with E-state index in [9.17, 15) is 13.2 Å². The second-order valence-corrected chi connectivity index (χ2v) is 11.3. The quantitative estimate of drug-likeness (QED) is 0.590. The summed E-state index contributed by atoms with van der Waals surface area (Å²) >= 11 is 1.27. The summed E-state index contributed by atoms with van der Waals surface area (Å²) in [6.07, 6.45) is 6.83. The van der Waals surface area contributed by atoms with E-state index in [0.29, 0.717) is 30.1 Å². The summed E-state index contributed by atoms with van der Waals surface area (Å²) in [6, 6.07) is 11.5. The van der Waals surface area contributed by atoms with Crippen molar-refractivity contribution in [1.29, 1.82) is 0 Å². The van der Waals surface area contributed by atoms with E-state index in [4.69, 9.17) is 0 Å². The van der Waals surface area contributed by atoms with Crippen LogP contribution in [0.4, 0.5) is 0 Å². The number of hydrogen-bond donors (Lipinski definition) is 1. The van der Waals surface area contributed by atoms with Crippen molar-refractivity contribution < 1.29 is 13.2 Å². The first-order valence-corrected chi connectivity index (χ1v) is 12.6. The number of aromatic nitrogens is 2. The van der Waals surface area contributed by atoms with Crippen molar-refractivity contribution >= 4 is 27.3 Å². The van der Waals surface area contributed by atoms with Crippen LogP contribution in [-0.2, 0) is 27.9 Å². The molecule has 0 aliphatic carbocycles. The molecule has 3 heterocycles. The van der Waals surface area contributed by atoms with Crippen LogP contribution in [-0.4, -0.2) is 41.3 Å². The third-order valence-electron chi connectivity index (χ3n) is 5.48. The molecule has 1 saturated heterocycles. The molecule has 9 heteroatoms. The molecule has 1 N–H and O–H groups in total. The molecule has 7 nitrogen and oxygen atoms in total. The molecular weight excluding hydrogens is 432 g/mol. The van der Waals surface area contributed by atoms with E-state index < -0.39 is 10.0 Å². The predicted octanol–water partition coefficient (Wildman–Crippen LogP) is 3.02. The van der Waals surface area contributed by atoms with Crippen molar-refractivity contribution in [3.8, 4) is 0 Å². The van der Waals surface area contributed by atoms with Crippen LogP contribution in [0.15, 0.2) is 59.3 Å². The maximum Gasteiger partial charge on any atom is 0.252 e. The Balaban J connectivity index is 1.32. The van der Waals surface area contributed by atoms with Gasteiger partial charge in [-0.25, -0.2) is 13.4 Å². The Kier molecular flexibility index (Phi) is 6.54. The summed E-state index contributed by atoms with van der Waals surface area (Å²) in [7, 11) is -3.54. The van der Waals surface area contributed by atoms with Gasteiger partial charge in [-0.1, -0.05) is 24.3 Å². The van der Waals surface area contributed by atoms with Crippen molar-refractivity contribution in [2.24, 2.45) is 5.92 Å². The lowest BCUT2D eigenvalue weighted by molar-refractivity contribution is -0.126. The molecule has 0 radical (unpaired) electrons. The fraction of sp³-hybridized carbons (Fsp3) is 0.364. The van der Waals surface area contributed by atoms with E-state index in [1.165, 1.54) is 15.6 Å². The number of hydrogen-bond acceptors (Lipinski definition) is 5. The molecule has 1 aliphatic heterocycles. The van der Waals surface area contributed by atoms with E-state index in [0.717, 1.165) is 22.5 Å². The standard InChI is InChI=1S/C22H26N4O3S2/c1-17-4-9-21(30-17)31(28,29)26-11-2-3-20(15-26)22(27)24-13-18-5-7-19(8-6-18)14-25-12-10-23-16-25/h4-10,12,16,20H,2-3,11,13-15H2,1H3,(H,24,27)/t20-/m0/s1. The third kappa shape index (κ3) is 5.23.